The van der Waals surface area contributed by atoms with Gasteiger partial charge in [-0.25, -0.2) is 4.39 Å². The normalized spacial score (nSPS) is 18.6. The third-order valence-electron chi connectivity index (χ3n) is 3.79. The summed E-state index contributed by atoms with van der Waals surface area (Å²) in [5.74, 6) is -0.604. The summed E-state index contributed by atoms with van der Waals surface area (Å²) in [4.78, 5) is 28.8. The van der Waals surface area contributed by atoms with E-state index in [2.05, 4.69) is 0 Å². The fourth-order valence-electron chi connectivity index (χ4n) is 2.57. The van der Waals surface area contributed by atoms with Gasteiger partial charge in [0.1, 0.15) is 11.9 Å². The van der Waals surface area contributed by atoms with Crippen LogP contribution < -0.4 is 4.90 Å². The van der Waals surface area contributed by atoms with E-state index in [9.17, 15) is 14.0 Å². The second kappa shape index (κ2) is 5.88. The Balaban J connectivity index is 1.78. The predicted octanol–water partition coefficient (Wildman–Crippen LogP) is 2.76. The van der Waals surface area contributed by atoms with Gasteiger partial charge in [0, 0.05) is 18.8 Å². The zero-order valence-electron chi connectivity index (χ0n) is 12.0. The molecule has 1 unspecified atom stereocenters. The number of amides is 2. The summed E-state index contributed by atoms with van der Waals surface area (Å²) in [5.41, 5.74) is 0.654. The highest BCUT2D eigenvalue weighted by molar-refractivity contribution is 7.12. The molecular formula is C16H15FN2O2S. The van der Waals surface area contributed by atoms with Crippen LogP contribution in [-0.2, 0) is 4.79 Å². The first kappa shape index (κ1) is 14.7. The number of nitrogens with zero attached hydrogens (tertiary/aromatic N) is 2. The number of piperazine rings is 1. The van der Waals surface area contributed by atoms with Crippen molar-refractivity contribution in [3.63, 3.8) is 0 Å². The molecule has 0 bridgehead atoms. The number of carbonyl (C=O) groups excluding carboxylic acids is 2. The maximum Gasteiger partial charge on any atom is 0.264 e. The van der Waals surface area contributed by atoms with Crippen LogP contribution >= 0.6 is 11.3 Å². The Hall–Kier alpha value is -2.21. The summed E-state index contributed by atoms with van der Waals surface area (Å²) < 4.78 is 13.0. The molecule has 0 radical (unpaired) electrons. The maximum atomic E-state index is 13.0. The Morgan fingerprint density at radius 1 is 1.23 bits per heavy atom. The molecule has 114 valence electrons. The molecule has 22 heavy (non-hydrogen) atoms. The van der Waals surface area contributed by atoms with Crippen LogP contribution in [0.5, 0.6) is 0 Å². The first-order chi connectivity index (χ1) is 10.6. The minimum Gasteiger partial charge on any atom is -0.324 e. The van der Waals surface area contributed by atoms with E-state index < -0.39 is 6.04 Å². The highest BCUT2D eigenvalue weighted by atomic mass is 32.1. The van der Waals surface area contributed by atoms with Crippen LogP contribution in [0.2, 0.25) is 0 Å². The molecule has 1 atom stereocenters. The highest BCUT2D eigenvalue weighted by Crippen LogP contribution is 2.23. The zero-order chi connectivity index (χ0) is 15.7. The Morgan fingerprint density at radius 2 is 1.95 bits per heavy atom. The molecule has 1 aliphatic rings. The summed E-state index contributed by atoms with van der Waals surface area (Å²) >= 11 is 1.37. The third-order valence-corrected chi connectivity index (χ3v) is 4.64. The largest absolute Gasteiger partial charge is 0.324 e. The van der Waals surface area contributed by atoms with Gasteiger partial charge in [-0.3, -0.25) is 9.59 Å². The van der Waals surface area contributed by atoms with Crippen LogP contribution in [-0.4, -0.2) is 35.8 Å². The molecule has 0 aliphatic carbocycles. The summed E-state index contributed by atoms with van der Waals surface area (Å²) in [6.45, 7) is 2.59. The van der Waals surface area contributed by atoms with E-state index in [0.717, 1.165) is 0 Å². The van der Waals surface area contributed by atoms with E-state index >= 15 is 0 Å². The van der Waals surface area contributed by atoms with Crippen LogP contribution in [0.4, 0.5) is 10.1 Å². The molecule has 1 fully saturated rings. The Bertz CT molecular complexity index is 685. The standard InChI is InChI=1S/C16H15FN2O2S/c1-11-15(20)19(13-6-4-12(17)5-7-13)9-8-18(11)16(21)14-3-2-10-22-14/h2-7,10-11H,8-9H2,1H3. The summed E-state index contributed by atoms with van der Waals surface area (Å²) in [6, 6.07) is 8.86. The first-order valence-electron chi connectivity index (χ1n) is 6.99. The number of hydrogen-bond acceptors (Lipinski definition) is 3. The van der Waals surface area contributed by atoms with Crippen molar-refractivity contribution in [2.75, 3.05) is 18.0 Å². The molecule has 0 saturated carbocycles. The molecule has 2 amide bonds. The van der Waals surface area contributed by atoms with E-state index in [1.165, 1.54) is 23.5 Å². The predicted molar refractivity (Wildman–Crippen MR) is 83.6 cm³/mol. The van der Waals surface area contributed by atoms with Gasteiger partial charge >= 0.3 is 0 Å². The number of benzene rings is 1. The number of halogens is 1. The van der Waals surface area contributed by atoms with Gasteiger partial charge < -0.3 is 9.80 Å². The van der Waals surface area contributed by atoms with Crippen molar-refractivity contribution < 1.29 is 14.0 Å². The molecule has 3 rings (SSSR count). The number of thiophene rings is 1. The molecule has 1 aliphatic heterocycles. The van der Waals surface area contributed by atoms with Crippen LogP contribution in [0, 0.1) is 5.82 Å². The van der Waals surface area contributed by atoms with Crippen molar-refractivity contribution >= 4 is 28.8 Å². The molecule has 2 heterocycles. The van der Waals surface area contributed by atoms with Crippen molar-refractivity contribution in [1.29, 1.82) is 0 Å². The van der Waals surface area contributed by atoms with Crippen molar-refractivity contribution in [1.82, 2.24) is 4.90 Å². The molecule has 0 N–H and O–H groups in total. The lowest BCUT2D eigenvalue weighted by atomic mass is 10.1. The molecule has 2 aromatic rings. The molecule has 0 spiro atoms. The van der Waals surface area contributed by atoms with E-state index in [-0.39, 0.29) is 17.6 Å². The van der Waals surface area contributed by atoms with E-state index in [4.69, 9.17) is 0 Å². The molecule has 1 saturated heterocycles. The third kappa shape index (κ3) is 2.62. The van der Waals surface area contributed by atoms with E-state index in [0.29, 0.717) is 23.7 Å². The van der Waals surface area contributed by atoms with E-state index in [1.54, 1.807) is 34.9 Å². The van der Waals surface area contributed by atoms with Crippen LogP contribution in [0.25, 0.3) is 0 Å². The van der Waals surface area contributed by atoms with Crippen LogP contribution in [0.1, 0.15) is 16.6 Å². The lowest BCUT2D eigenvalue weighted by Crippen LogP contribution is -2.57. The Labute approximate surface area is 131 Å². The fraction of sp³-hybridized carbons (Fsp3) is 0.250. The molecule has 6 heteroatoms. The minimum absolute atomic E-state index is 0.116. The second-order valence-corrected chi connectivity index (χ2v) is 6.07. The lowest BCUT2D eigenvalue weighted by molar-refractivity contribution is -0.124. The summed E-state index contributed by atoms with van der Waals surface area (Å²) in [5, 5.41) is 1.84. The smallest absolute Gasteiger partial charge is 0.264 e. The van der Waals surface area contributed by atoms with Gasteiger partial charge in [-0.15, -0.1) is 11.3 Å². The quantitative estimate of drug-likeness (QED) is 0.854. The monoisotopic (exact) mass is 318 g/mol. The van der Waals surface area contributed by atoms with Gasteiger partial charge in [0.2, 0.25) is 5.91 Å². The zero-order valence-corrected chi connectivity index (χ0v) is 12.8. The number of hydrogen-bond donors (Lipinski definition) is 0. The highest BCUT2D eigenvalue weighted by Gasteiger charge is 2.35. The lowest BCUT2D eigenvalue weighted by Gasteiger charge is -2.39. The number of anilines is 1. The average molecular weight is 318 g/mol. The first-order valence-corrected chi connectivity index (χ1v) is 7.87. The van der Waals surface area contributed by atoms with Gasteiger partial charge in [-0.05, 0) is 42.6 Å². The number of rotatable bonds is 2. The average Bonchev–Trinajstić information content (AvgIpc) is 3.05. The maximum absolute atomic E-state index is 13.0. The Kier molecular flexibility index (Phi) is 3.94. The van der Waals surface area contributed by atoms with E-state index in [1.807, 2.05) is 11.4 Å². The fourth-order valence-corrected chi connectivity index (χ4v) is 3.25. The van der Waals surface area contributed by atoms with Crippen molar-refractivity contribution in [2.24, 2.45) is 0 Å². The molecule has 4 nitrogen and oxygen atoms in total. The van der Waals surface area contributed by atoms with Crippen molar-refractivity contribution in [3.05, 3.63) is 52.5 Å². The molecular weight excluding hydrogens is 303 g/mol. The van der Waals surface area contributed by atoms with Gasteiger partial charge in [0.25, 0.3) is 5.91 Å². The van der Waals surface area contributed by atoms with Gasteiger partial charge in [0.05, 0.1) is 4.88 Å². The summed E-state index contributed by atoms with van der Waals surface area (Å²) in [6.07, 6.45) is 0. The topological polar surface area (TPSA) is 40.6 Å². The van der Waals surface area contributed by atoms with Crippen molar-refractivity contribution in [3.8, 4) is 0 Å². The van der Waals surface area contributed by atoms with Crippen molar-refractivity contribution in [2.45, 2.75) is 13.0 Å². The van der Waals surface area contributed by atoms with Crippen LogP contribution in [0.15, 0.2) is 41.8 Å². The second-order valence-electron chi connectivity index (χ2n) is 5.12. The van der Waals surface area contributed by atoms with Gasteiger partial charge in [-0.1, -0.05) is 6.07 Å². The number of carbonyl (C=O) groups is 2. The molecule has 1 aromatic heterocycles. The molecule has 1 aromatic carbocycles. The SMILES string of the molecule is CC1C(=O)N(c2ccc(F)cc2)CCN1C(=O)c1cccs1. The summed E-state index contributed by atoms with van der Waals surface area (Å²) in [7, 11) is 0. The van der Waals surface area contributed by atoms with Gasteiger partial charge in [0.15, 0.2) is 0 Å². The van der Waals surface area contributed by atoms with Gasteiger partial charge in [-0.2, -0.15) is 0 Å². The minimum atomic E-state index is -0.534. The van der Waals surface area contributed by atoms with Crippen LogP contribution in [0.3, 0.4) is 0 Å². The Morgan fingerprint density at radius 3 is 2.59 bits per heavy atom.